The molecule has 0 fully saturated rings. The SMILES string of the molecule is CCN(CC)[C@H](c1ccccc1)[C@H](C)[C@@H](c1ccccc1)N(C)C. The van der Waals surface area contributed by atoms with Crippen LogP contribution in [0.25, 0.3) is 0 Å². The highest BCUT2D eigenvalue weighted by molar-refractivity contribution is 5.24. The van der Waals surface area contributed by atoms with Crippen LogP contribution in [0.4, 0.5) is 0 Å². The zero-order valence-electron chi connectivity index (χ0n) is 15.8. The molecule has 0 heterocycles. The first-order chi connectivity index (χ1) is 11.6. The van der Waals surface area contributed by atoms with Gasteiger partial charge in [0.05, 0.1) is 0 Å². The van der Waals surface area contributed by atoms with Crippen molar-refractivity contribution in [1.29, 1.82) is 0 Å². The fourth-order valence-electron chi connectivity index (χ4n) is 4.01. The van der Waals surface area contributed by atoms with Gasteiger partial charge in [0.15, 0.2) is 0 Å². The van der Waals surface area contributed by atoms with Gasteiger partial charge in [-0.2, -0.15) is 0 Å². The lowest BCUT2D eigenvalue weighted by Gasteiger charge is -2.41. The molecule has 2 aromatic rings. The zero-order valence-corrected chi connectivity index (χ0v) is 15.8. The molecular formula is C22H32N2. The molecule has 0 saturated heterocycles. The number of rotatable bonds is 8. The van der Waals surface area contributed by atoms with Crippen LogP contribution in [0.15, 0.2) is 60.7 Å². The quantitative estimate of drug-likeness (QED) is 0.673. The van der Waals surface area contributed by atoms with E-state index in [0.29, 0.717) is 18.0 Å². The van der Waals surface area contributed by atoms with Crippen molar-refractivity contribution < 1.29 is 0 Å². The molecule has 0 radical (unpaired) electrons. The Bertz CT molecular complexity index is 575. The Labute approximate surface area is 148 Å². The lowest BCUT2D eigenvalue weighted by Crippen LogP contribution is -2.38. The van der Waals surface area contributed by atoms with Gasteiger partial charge in [-0.1, -0.05) is 81.4 Å². The molecule has 0 N–H and O–H groups in total. The van der Waals surface area contributed by atoms with E-state index >= 15 is 0 Å². The lowest BCUT2D eigenvalue weighted by molar-refractivity contribution is 0.1000. The Balaban J connectivity index is 2.43. The van der Waals surface area contributed by atoms with Crippen molar-refractivity contribution in [1.82, 2.24) is 9.80 Å². The molecule has 2 rings (SSSR count). The van der Waals surface area contributed by atoms with Crippen LogP contribution in [0.1, 0.15) is 44.0 Å². The predicted molar refractivity (Wildman–Crippen MR) is 104 cm³/mol. The molecule has 0 spiro atoms. The first-order valence-corrected chi connectivity index (χ1v) is 9.10. The van der Waals surface area contributed by atoms with Crippen LogP contribution in [0.2, 0.25) is 0 Å². The van der Waals surface area contributed by atoms with Gasteiger partial charge < -0.3 is 4.90 Å². The summed E-state index contributed by atoms with van der Waals surface area (Å²) in [6.07, 6.45) is 0. The monoisotopic (exact) mass is 324 g/mol. The second-order valence-corrected chi connectivity index (χ2v) is 6.75. The summed E-state index contributed by atoms with van der Waals surface area (Å²) in [6.45, 7) is 9.05. The van der Waals surface area contributed by atoms with Crippen LogP contribution in [-0.2, 0) is 0 Å². The number of hydrogen-bond donors (Lipinski definition) is 0. The minimum absolute atomic E-state index is 0.386. The molecule has 24 heavy (non-hydrogen) atoms. The fourth-order valence-corrected chi connectivity index (χ4v) is 4.01. The van der Waals surface area contributed by atoms with Crippen LogP contribution in [0, 0.1) is 5.92 Å². The van der Waals surface area contributed by atoms with Crippen LogP contribution in [0.3, 0.4) is 0 Å². The molecule has 0 amide bonds. The van der Waals surface area contributed by atoms with E-state index in [-0.39, 0.29) is 0 Å². The van der Waals surface area contributed by atoms with Gasteiger partial charge >= 0.3 is 0 Å². The Hall–Kier alpha value is -1.64. The average Bonchev–Trinajstić information content (AvgIpc) is 2.61. The van der Waals surface area contributed by atoms with Crippen molar-refractivity contribution in [2.75, 3.05) is 27.2 Å². The molecule has 3 atom stereocenters. The summed E-state index contributed by atoms with van der Waals surface area (Å²) in [6, 6.07) is 22.7. The van der Waals surface area contributed by atoms with Crippen molar-refractivity contribution in [2.45, 2.75) is 32.9 Å². The van der Waals surface area contributed by atoms with E-state index in [0.717, 1.165) is 13.1 Å². The Morgan fingerprint density at radius 2 is 1.12 bits per heavy atom. The highest BCUT2D eigenvalue weighted by Gasteiger charge is 2.32. The minimum Gasteiger partial charge on any atom is -0.302 e. The summed E-state index contributed by atoms with van der Waals surface area (Å²) in [4.78, 5) is 4.94. The van der Waals surface area contributed by atoms with Crippen LogP contribution in [0.5, 0.6) is 0 Å². The van der Waals surface area contributed by atoms with Crippen molar-refractivity contribution in [3.05, 3.63) is 71.8 Å². The van der Waals surface area contributed by atoms with E-state index in [2.05, 4.69) is 105 Å². The van der Waals surface area contributed by atoms with Crippen molar-refractivity contribution in [3.63, 3.8) is 0 Å². The summed E-state index contributed by atoms with van der Waals surface area (Å²) in [5.41, 5.74) is 2.81. The molecule has 0 aliphatic heterocycles. The Kier molecular flexibility index (Phi) is 7.01. The third kappa shape index (κ3) is 4.25. The van der Waals surface area contributed by atoms with Gasteiger partial charge in [0, 0.05) is 12.1 Å². The van der Waals surface area contributed by atoms with Crippen molar-refractivity contribution >= 4 is 0 Å². The Morgan fingerprint density at radius 1 is 0.708 bits per heavy atom. The molecule has 0 unspecified atom stereocenters. The second-order valence-electron chi connectivity index (χ2n) is 6.75. The Morgan fingerprint density at radius 3 is 1.50 bits per heavy atom. The third-order valence-corrected chi connectivity index (χ3v) is 5.04. The maximum absolute atomic E-state index is 2.58. The molecule has 2 heteroatoms. The lowest BCUT2D eigenvalue weighted by atomic mass is 9.83. The van der Waals surface area contributed by atoms with Crippen molar-refractivity contribution in [3.8, 4) is 0 Å². The summed E-state index contributed by atoms with van der Waals surface area (Å²) < 4.78 is 0. The molecule has 2 nitrogen and oxygen atoms in total. The number of nitrogens with zero attached hydrogens (tertiary/aromatic N) is 2. The van der Waals surface area contributed by atoms with Gasteiger partial charge in [0.1, 0.15) is 0 Å². The molecular weight excluding hydrogens is 292 g/mol. The first-order valence-electron chi connectivity index (χ1n) is 9.10. The van der Waals surface area contributed by atoms with E-state index in [4.69, 9.17) is 0 Å². The van der Waals surface area contributed by atoms with E-state index < -0.39 is 0 Å². The second kappa shape index (κ2) is 9.00. The van der Waals surface area contributed by atoms with Gasteiger partial charge in [-0.05, 0) is 44.2 Å². The molecule has 0 aromatic heterocycles. The van der Waals surface area contributed by atoms with Gasteiger partial charge in [-0.15, -0.1) is 0 Å². The predicted octanol–water partition coefficient (Wildman–Crippen LogP) is 5.01. The fraction of sp³-hybridized carbons (Fsp3) is 0.455. The first kappa shape index (κ1) is 18.7. The summed E-state index contributed by atoms with van der Waals surface area (Å²) >= 11 is 0. The maximum Gasteiger partial charge on any atom is 0.0391 e. The van der Waals surface area contributed by atoms with Crippen LogP contribution >= 0.6 is 0 Å². The van der Waals surface area contributed by atoms with Gasteiger partial charge in [0.25, 0.3) is 0 Å². The van der Waals surface area contributed by atoms with Gasteiger partial charge in [-0.25, -0.2) is 0 Å². The molecule has 0 bridgehead atoms. The normalized spacial score (nSPS) is 15.5. The van der Waals surface area contributed by atoms with E-state index in [9.17, 15) is 0 Å². The average molecular weight is 325 g/mol. The van der Waals surface area contributed by atoms with E-state index in [1.165, 1.54) is 11.1 Å². The highest BCUT2D eigenvalue weighted by atomic mass is 15.2. The smallest absolute Gasteiger partial charge is 0.0391 e. The third-order valence-electron chi connectivity index (χ3n) is 5.04. The van der Waals surface area contributed by atoms with E-state index in [1.807, 2.05) is 0 Å². The standard InChI is InChI=1S/C22H32N2/c1-6-24(7-2)22(20-16-12-9-13-17-20)18(3)21(23(4)5)19-14-10-8-11-15-19/h8-18,21-22H,6-7H2,1-5H3/t18-,21+,22+/m1/s1. The number of hydrogen-bond acceptors (Lipinski definition) is 2. The largest absolute Gasteiger partial charge is 0.302 e. The van der Waals surface area contributed by atoms with E-state index in [1.54, 1.807) is 0 Å². The molecule has 0 aliphatic carbocycles. The summed E-state index contributed by atoms with van der Waals surface area (Å²) in [5.74, 6) is 0.477. The van der Waals surface area contributed by atoms with Gasteiger partial charge in [0.2, 0.25) is 0 Å². The van der Waals surface area contributed by atoms with Crippen LogP contribution < -0.4 is 0 Å². The maximum atomic E-state index is 2.58. The van der Waals surface area contributed by atoms with Gasteiger partial charge in [-0.3, -0.25) is 4.90 Å². The molecule has 2 aromatic carbocycles. The molecule has 0 aliphatic rings. The zero-order chi connectivity index (χ0) is 17.5. The van der Waals surface area contributed by atoms with Crippen LogP contribution in [-0.4, -0.2) is 37.0 Å². The van der Waals surface area contributed by atoms with Crippen molar-refractivity contribution in [2.24, 2.45) is 5.92 Å². The molecule has 0 saturated carbocycles. The summed E-state index contributed by atoms with van der Waals surface area (Å²) in [5, 5.41) is 0. The minimum atomic E-state index is 0.386. The number of benzene rings is 2. The molecule has 130 valence electrons. The highest BCUT2D eigenvalue weighted by Crippen LogP contribution is 2.39. The topological polar surface area (TPSA) is 6.48 Å². The summed E-state index contributed by atoms with van der Waals surface area (Å²) in [7, 11) is 4.39.